The Kier molecular flexibility index (Phi) is 3.06. The molecule has 0 spiro atoms. The second kappa shape index (κ2) is 4.07. The summed E-state index contributed by atoms with van der Waals surface area (Å²) in [6, 6.07) is 0. The Morgan fingerprint density at radius 3 is 2.83 bits per heavy atom. The van der Waals surface area contributed by atoms with Crippen LogP contribution in [0, 0.1) is 0 Å². The Bertz CT molecular complexity index is 357. The zero-order valence-electron chi connectivity index (χ0n) is 6.29. The van der Waals surface area contributed by atoms with Gasteiger partial charge < -0.3 is 5.73 Å². The molecule has 1 rings (SSSR count). The van der Waals surface area contributed by atoms with E-state index in [1.165, 1.54) is 11.8 Å². The molecule has 0 fully saturated rings. The van der Waals surface area contributed by atoms with Crippen LogP contribution in [0.15, 0.2) is 14.6 Å². The average molecular weight is 189 g/mol. The van der Waals surface area contributed by atoms with Gasteiger partial charge in [0.1, 0.15) is 0 Å². The van der Waals surface area contributed by atoms with Gasteiger partial charge in [0.25, 0.3) is 5.56 Å². The number of quaternary nitrogens is 1. The Hall–Kier alpha value is -1.08. The summed E-state index contributed by atoms with van der Waals surface area (Å²) in [4.78, 5) is 23.6. The van der Waals surface area contributed by atoms with Crippen molar-refractivity contribution in [2.45, 2.75) is 5.03 Å². The number of aromatic nitrogens is 3. The van der Waals surface area contributed by atoms with Gasteiger partial charge in [-0.2, -0.15) is 5.10 Å². The van der Waals surface area contributed by atoms with E-state index >= 15 is 0 Å². The van der Waals surface area contributed by atoms with E-state index < -0.39 is 11.2 Å². The highest BCUT2D eigenvalue weighted by Crippen LogP contribution is 2.04. The summed E-state index contributed by atoms with van der Waals surface area (Å²) >= 11 is 1.27. The van der Waals surface area contributed by atoms with Gasteiger partial charge in [0, 0.05) is 5.75 Å². The van der Waals surface area contributed by atoms with Crippen LogP contribution < -0.4 is 17.0 Å². The van der Waals surface area contributed by atoms with Gasteiger partial charge in [-0.25, -0.2) is 9.89 Å². The van der Waals surface area contributed by atoms with E-state index in [0.29, 0.717) is 12.3 Å². The van der Waals surface area contributed by atoms with Gasteiger partial charge in [0.15, 0.2) is 5.03 Å². The second-order valence-corrected chi connectivity index (χ2v) is 3.10. The molecule has 0 aliphatic carbocycles. The van der Waals surface area contributed by atoms with E-state index in [1.807, 2.05) is 0 Å². The minimum atomic E-state index is -0.584. The lowest BCUT2D eigenvalue weighted by atomic mass is 10.8. The third-order valence-electron chi connectivity index (χ3n) is 1.06. The van der Waals surface area contributed by atoms with Crippen molar-refractivity contribution in [1.82, 2.24) is 15.2 Å². The number of thioether (sulfide) groups is 1. The highest BCUT2D eigenvalue weighted by atomic mass is 32.2. The van der Waals surface area contributed by atoms with Crippen molar-refractivity contribution in [2.24, 2.45) is 0 Å². The van der Waals surface area contributed by atoms with Crippen molar-refractivity contribution < 1.29 is 5.73 Å². The molecule has 1 heterocycles. The monoisotopic (exact) mass is 189 g/mol. The van der Waals surface area contributed by atoms with Gasteiger partial charge >= 0.3 is 5.69 Å². The van der Waals surface area contributed by atoms with Gasteiger partial charge in [-0.3, -0.25) is 9.78 Å². The number of hydrogen-bond acceptors (Lipinski definition) is 4. The molecule has 0 saturated carbocycles. The van der Waals surface area contributed by atoms with Crippen LogP contribution in [-0.4, -0.2) is 27.5 Å². The molecule has 0 aromatic carbocycles. The smallest absolute Gasteiger partial charge is 0.342 e. The zero-order valence-corrected chi connectivity index (χ0v) is 7.11. The summed E-state index contributed by atoms with van der Waals surface area (Å²) in [5, 5.41) is 5.99. The van der Waals surface area contributed by atoms with Crippen molar-refractivity contribution >= 4 is 11.8 Å². The fourth-order valence-corrected chi connectivity index (χ4v) is 1.23. The maximum atomic E-state index is 11.0. The normalized spacial score (nSPS) is 10.1. The van der Waals surface area contributed by atoms with Crippen molar-refractivity contribution in [3.05, 3.63) is 20.8 Å². The molecule has 0 aliphatic rings. The third-order valence-corrected chi connectivity index (χ3v) is 2.11. The molecule has 0 aliphatic heterocycles. The van der Waals surface area contributed by atoms with Crippen molar-refractivity contribution in [3.8, 4) is 0 Å². The summed E-state index contributed by atoms with van der Waals surface area (Å²) in [6.45, 7) is 0.713. The Morgan fingerprint density at radius 1 is 1.50 bits per heavy atom. The van der Waals surface area contributed by atoms with Crippen LogP contribution in [0.2, 0.25) is 0 Å². The van der Waals surface area contributed by atoms with Crippen LogP contribution in [0.4, 0.5) is 0 Å². The highest BCUT2D eigenvalue weighted by molar-refractivity contribution is 7.99. The van der Waals surface area contributed by atoms with Crippen LogP contribution in [-0.2, 0) is 0 Å². The number of nitrogens with zero attached hydrogens (tertiary/aromatic N) is 1. The van der Waals surface area contributed by atoms with Crippen LogP contribution >= 0.6 is 11.8 Å². The highest BCUT2D eigenvalue weighted by Gasteiger charge is 2.01. The molecule has 0 unspecified atom stereocenters. The van der Waals surface area contributed by atoms with Gasteiger partial charge in [-0.05, 0) is 0 Å². The molecule has 0 atom stereocenters. The lowest BCUT2D eigenvalue weighted by molar-refractivity contribution is -0.360. The minimum absolute atomic E-state index is 0.276. The molecule has 5 N–H and O–H groups in total. The van der Waals surface area contributed by atoms with E-state index in [4.69, 9.17) is 0 Å². The molecule has 0 radical (unpaired) electrons. The fourth-order valence-electron chi connectivity index (χ4n) is 0.604. The molecule has 6 nitrogen and oxygen atoms in total. The zero-order chi connectivity index (χ0) is 8.97. The molecule has 0 amide bonds. The van der Waals surface area contributed by atoms with Gasteiger partial charge in [0.2, 0.25) is 0 Å². The number of hydrogen-bond donors (Lipinski definition) is 3. The molecule has 12 heavy (non-hydrogen) atoms. The number of rotatable bonds is 3. The minimum Gasteiger partial charge on any atom is -0.357 e. The average Bonchev–Trinajstić information content (AvgIpc) is 2.03. The molecule has 66 valence electrons. The standard InChI is InChI=1S/C5H8N4O2S/c6-1-2-12-4-3(10)7-5(11)9-8-4/h1-2,6H2,(H2,7,9,10,11)/p+1. The predicted octanol–water partition coefficient (Wildman–Crippen LogP) is -2.21. The topological polar surface area (TPSA) is 106 Å². The molecule has 7 heteroatoms. The summed E-state index contributed by atoms with van der Waals surface area (Å²) in [7, 11) is 0. The SMILES string of the molecule is [NH3+]CCSc1n[nH]c(=O)[nH]c1=O. The first-order valence-electron chi connectivity index (χ1n) is 3.35. The fraction of sp³-hybridized carbons (Fsp3) is 0.400. The number of nitrogens with one attached hydrogen (secondary N) is 2. The Morgan fingerprint density at radius 2 is 2.25 bits per heavy atom. The predicted molar refractivity (Wildman–Crippen MR) is 44.0 cm³/mol. The van der Waals surface area contributed by atoms with Crippen LogP contribution in [0.3, 0.4) is 0 Å². The molecule has 1 aromatic rings. The van der Waals surface area contributed by atoms with Crippen LogP contribution in [0.1, 0.15) is 0 Å². The Labute approximate surface area is 71.6 Å². The lowest BCUT2D eigenvalue weighted by Crippen LogP contribution is -2.51. The quantitative estimate of drug-likeness (QED) is 0.469. The first kappa shape index (κ1) is 9.01. The van der Waals surface area contributed by atoms with Crippen molar-refractivity contribution in [2.75, 3.05) is 12.3 Å². The van der Waals surface area contributed by atoms with E-state index in [-0.39, 0.29) is 5.03 Å². The van der Waals surface area contributed by atoms with E-state index in [9.17, 15) is 9.59 Å². The largest absolute Gasteiger partial charge is 0.357 e. The van der Waals surface area contributed by atoms with Gasteiger partial charge in [0.05, 0.1) is 6.54 Å². The molecular weight excluding hydrogens is 180 g/mol. The van der Waals surface area contributed by atoms with Crippen LogP contribution in [0.25, 0.3) is 0 Å². The Balaban J connectivity index is 2.87. The molecular formula is C5H9N4O2S+. The summed E-state index contributed by atoms with van der Waals surface area (Å²) in [6.07, 6.45) is 0. The number of H-pyrrole nitrogens is 2. The molecule has 1 aromatic heterocycles. The third kappa shape index (κ3) is 2.21. The first-order chi connectivity index (χ1) is 5.74. The maximum absolute atomic E-state index is 11.0. The summed E-state index contributed by atoms with van der Waals surface area (Å²) in [5.74, 6) is 0.710. The van der Waals surface area contributed by atoms with Crippen LogP contribution in [0.5, 0.6) is 0 Å². The van der Waals surface area contributed by atoms with E-state index in [2.05, 4.69) is 20.9 Å². The van der Waals surface area contributed by atoms with E-state index in [0.717, 1.165) is 0 Å². The summed E-state index contributed by atoms with van der Waals surface area (Å²) in [5.41, 5.74) is 2.58. The van der Waals surface area contributed by atoms with E-state index in [1.54, 1.807) is 0 Å². The first-order valence-corrected chi connectivity index (χ1v) is 4.33. The molecule has 0 saturated heterocycles. The van der Waals surface area contributed by atoms with Crippen molar-refractivity contribution in [1.29, 1.82) is 0 Å². The lowest BCUT2D eigenvalue weighted by Gasteiger charge is -1.93. The van der Waals surface area contributed by atoms with Crippen molar-refractivity contribution in [3.63, 3.8) is 0 Å². The number of aromatic amines is 2. The second-order valence-electron chi connectivity index (χ2n) is 2.01. The van der Waals surface area contributed by atoms with Gasteiger partial charge in [-0.1, -0.05) is 11.8 Å². The summed E-state index contributed by atoms with van der Waals surface area (Å²) < 4.78 is 0. The van der Waals surface area contributed by atoms with Gasteiger partial charge in [-0.15, -0.1) is 0 Å². The molecule has 0 bridgehead atoms. The maximum Gasteiger partial charge on any atom is 0.342 e.